The standard InChI is InChI=1S/C30H21N5/c1-2-7-20(8-3-1)30-34-28-23-12-15-31-18-25(23)26-19-32-16-13-24(26)29(28)35(30)22-10-6-9-21(17-22)27-11-4-5-14-33-27/h1-12,14-19,24H,13H2. The molecule has 1 aliphatic carbocycles. The molecule has 2 aliphatic rings. The molecule has 0 N–H and O–H groups in total. The molecule has 2 aromatic carbocycles. The van der Waals surface area contributed by atoms with Gasteiger partial charge in [-0.25, -0.2) is 4.98 Å². The number of benzene rings is 2. The fourth-order valence-corrected chi connectivity index (χ4v) is 5.20. The molecule has 3 aromatic heterocycles. The summed E-state index contributed by atoms with van der Waals surface area (Å²) in [6, 6.07) is 27.1. The van der Waals surface area contributed by atoms with E-state index in [4.69, 9.17) is 4.98 Å². The number of imidazole rings is 1. The van der Waals surface area contributed by atoms with E-state index >= 15 is 0 Å². The molecule has 5 heteroatoms. The lowest BCUT2D eigenvalue weighted by Gasteiger charge is -2.29. The maximum atomic E-state index is 5.28. The highest BCUT2D eigenvalue weighted by Crippen LogP contribution is 2.50. The van der Waals surface area contributed by atoms with Crippen LogP contribution in [0.3, 0.4) is 0 Å². The van der Waals surface area contributed by atoms with E-state index in [1.54, 1.807) is 0 Å². The molecular weight excluding hydrogens is 430 g/mol. The Bertz CT molecular complexity index is 1610. The maximum Gasteiger partial charge on any atom is 0.145 e. The minimum atomic E-state index is 0.155. The van der Waals surface area contributed by atoms with Crippen molar-refractivity contribution in [1.82, 2.24) is 19.5 Å². The van der Waals surface area contributed by atoms with Gasteiger partial charge < -0.3 is 0 Å². The highest BCUT2D eigenvalue weighted by Gasteiger charge is 2.36. The lowest BCUT2D eigenvalue weighted by molar-refractivity contribution is 0.820. The quantitative estimate of drug-likeness (QED) is 0.311. The van der Waals surface area contributed by atoms with Gasteiger partial charge in [0.15, 0.2) is 0 Å². The first-order chi connectivity index (χ1) is 17.4. The maximum absolute atomic E-state index is 5.28. The summed E-state index contributed by atoms with van der Waals surface area (Å²) in [7, 11) is 0. The van der Waals surface area contributed by atoms with Gasteiger partial charge >= 0.3 is 0 Å². The van der Waals surface area contributed by atoms with Gasteiger partial charge in [-0.15, -0.1) is 0 Å². The number of pyridine rings is 2. The molecule has 0 bridgehead atoms. The van der Waals surface area contributed by atoms with Crippen LogP contribution in [0.1, 0.15) is 23.6 Å². The molecule has 1 unspecified atom stereocenters. The predicted octanol–water partition coefficient (Wildman–Crippen LogP) is 6.58. The normalized spacial score (nSPS) is 15.7. The first-order valence-corrected chi connectivity index (χ1v) is 11.7. The number of aliphatic imine (C=N–C) groups is 1. The number of fused-ring (bicyclic) bond motifs is 6. The number of rotatable bonds is 3. The van der Waals surface area contributed by atoms with Gasteiger partial charge in [0.2, 0.25) is 0 Å². The summed E-state index contributed by atoms with van der Waals surface area (Å²) in [4.78, 5) is 18.8. The Morgan fingerprint density at radius 3 is 2.57 bits per heavy atom. The Kier molecular flexibility index (Phi) is 4.52. The van der Waals surface area contributed by atoms with E-state index in [1.807, 2.05) is 55.3 Å². The van der Waals surface area contributed by atoms with Gasteiger partial charge in [-0.3, -0.25) is 19.5 Å². The summed E-state index contributed by atoms with van der Waals surface area (Å²) >= 11 is 0. The summed E-state index contributed by atoms with van der Waals surface area (Å²) in [5, 5.41) is 0. The Morgan fingerprint density at radius 2 is 1.69 bits per heavy atom. The lowest BCUT2D eigenvalue weighted by Crippen LogP contribution is -2.17. The van der Waals surface area contributed by atoms with Crippen LogP contribution in [-0.4, -0.2) is 25.7 Å². The van der Waals surface area contributed by atoms with E-state index in [0.29, 0.717) is 0 Å². The van der Waals surface area contributed by atoms with E-state index in [9.17, 15) is 0 Å². The van der Waals surface area contributed by atoms with Gasteiger partial charge in [-0.1, -0.05) is 48.5 Å². The van der Waals surface area contributed by atoms with E-state index in [-0.39, 0.29) is 5.92 Å². The van der Waals surface area contributed by atoms with E-state index in [1.165, 1.54) is 11.3 Å². The van der Waals surface area contributed by atoms with Crippen molar-refractivity contribution < 1.29 is 0 Å². The Balaban J connectivity index is 1.54. The minimum Gasteiger partial charge on any atom is -0.295 e. The van der Waals surface area contributed by atoms with Gasteiger partial charge in [-0.05, 0) is 42.3 Å². The largest absolute Gasteiger partial charge is 0.295 e. The minimum absolute atomic E-state index is 0.155. The zero-order valence-electron chi connectivity index (χ0n) is 18.9. The number of aromatic nitrogens is 4. The average molecular weight is 452 g/mol. The van der Waals surface area contributed by atoms with Crippen molar-refractivity contribution >= 4 is 11.8 Å². The molecule has 0 amide bonds. The van der Waals surface area contributed by atoms with Gasteiger partial charge in [0, 0.05) is 64.9 Å². The van der Waals surface area contributed by atoms with Crippen molar-refractivity contribution in [2.45, 2.75) is 12.3 Å². The van der Waals surface area contributed by atoms with Crippen LogP contribution in [0.2, 0.25) is 0 Å². The second-order valence-electron chi connectivity index (χ2n) is 8.76. The Labute approximate surface area is 203 Å². The molecule has 35 heavy (non-hydrogen) atoms. The smallest absolute Gasteiger partial charge is 0.145 e. The van der Waals surface area contributed by atoms with Gasteiger partial charge in [-0.2, -0.15) is 0 Å². The molecule has 5 nitrogen and oxygen atoms in total. The number of hydrogen-bond donors (Lipinski definition) is 0. The zero-order chi connectivity index (χ0) is 23.2. The highest BCUT2D eigenvalue weighted by molar-refractivity contribution is 5.92. The van der Waals surface area contributed by atoms with Crippen molar-refractivity contribution in [2.24, 2.45) is 4.99 Å². The summed E-state index contributed by atoms with van der Waals surface area (Å²) in [5.74, 6) is 1.09. The van der Waals surface area contributed by atoms with Crippen LogP contribution in [0, 0.1) is 0 Å². The Morgan fingerprint density at radius 1 is 0.800 bits per heavy atom. The topological polar surface area (TPSA) is 56.0 Å². The van der Waals surface area contributed by atoms with Crippen LogP contribution in [-0.2, 0) is 0 Å². The van der Waals surface area contributed by atoms with Gasteiger partial charge in [0.1, 0.15) is 5.82 Å². The van der Waals surface area contributed by atoms with E-state index in [0.717, 1.165) is 51.6 Å². The molecular formula is C30H21N5. The molecule has 4 heterocycles. The summed E-state index contributed by atoms with van der Waals surface area (Å²) in [6.45, 7) is 0. The van der Waals surface area contributed by atoms with Crippen LogP contribution in [0.5, 0.6) is 0 Å². The predicted molar refractivity (Wildman–Crippen MR) is 139 cm³/mol. The molecule has 0 radical (unpaired) electrons. The monoisotopic (exact) mass is 451 g/mol. The lowest BCUT2D eigenvalue weighted by atomic mass is 9.79. The first kappa shape index (κ1) is 19.8. The molecule has 0 fully saturated rings. The van der Waals surface area contributed by atoms with Crippen LogP contribution in [0.25, 0.3) is 45.2 Å². The fraction of sp³-hybridized carbons (Fsp3) is 0.0667. The van der Waals surface area contributed by atoms with E-state index < -0.39 is 0 Å². The van der Waals surface area contributed by atoms with Crippen molar-refractivity contribution in [3.05, 3.63) is 115 Å². The first-order valence-electron chi connectivity index (χ1n) is 11.7. The third-order valence-electron chi connectivity index (χ3n) is 6.76. The molecule has 0 spiro atoms. The number of hydrogen-bond acceptors (Lipinski definition) is 4. The molecule has 1 aliphatic heterocycles. The summed E-state index contributed by atoms with van der Waals surface area (Å²) in [6.07, 6.45) is 10.4. The molecule has 7 rings (SSSR count). The summed E-state index contributed by atoms with van der Waals surface area (Å²) < 4.78 is 2.33. The van der Waals surface area contributed by atoms with Crippen LogP contribution in [0.15, 0.2) is 109 Å². The van der Waals surface area contributed by atoms with E-state index in [2.05, 4.69) is 74.1 Å². The van der Waals surface area contributed by atoms with Gasteiger partial charge in [0.25, 0.3) is 0 Å². The summed E-state index contributed by atoms with van der Waals surface area (Å²) in [5.41, 5.74) is 9.80. The second-order valence-corrected chi connectivity index (χ2v) is 8.76. The fourth-order valence-electron chi connectivity index (χ4n) is 5.20. The molecule has 1 atom stereocenters. The average Bonchev–Trinajstić information content (AvgIpc) is 3.36. The van der Waals surface area contributed by atoms with Crippen molar-refractivity contribution in [1.29, 1.82) is 0 Å². The van der Waals surface area contributed by atoms with Crippen molar-refractivity contribution in [2.75, 3.05) is 0 Å². The van der Waals surface area contributed by atoms with Crippen LogP contribution < -0.4 is 0 Å². The third kappa shape index (κ3) is 3.16. The number of allylic oxidation sites excluding steroid dienone is 1. The van der Waals surface area contributed by atoms with Gasteiger partial charge in [0.05, 0.1) is 17.1 Å². The third-order valence-corrected chi connectivity index (χ3v) is 6.76. The second kappa shape index (κ2) is 7.99. The van der Waals surface area contributed by atoms with Crippen molar-refractivity contribution in [3.63, 3.8) is 0 Å². The molecule has 0 saturated carbocycles. The zero-order valence-corrected chi connectivity index (χ0v) is 18.9. The Hall–Kier alpha value is -4.64. The molecule has 166 valence electrons. The van der Waals surface area contributed by atoms with Crippen LogP contribution >= 0.6 is 0 Å². The molecule has 0 saturated heterocycles. The van der Waals surface area contributed by atoms with Crippen molar-refractivity contribution in [3.8, 4) is 39.6 Å². The molecule has 5 aromatic rings. The highest BCUT2D eigenvalue weighted by atomic mass is 15.1. The number of nitrogens with zero attached hydrogens (tertiary/aromatic N) is 5. The SMILES string of the molecule is C1=NC=C2c3cnccc3-c3nc(-c4ccccc4)n(-c4cccc(-c5ccccn5)c4)c3C2C1. The van der Waals surface area contributed by atoms with Crippen LogP contribution in [0.4, 0.5) is 0 Å².